The van der Waals surface area contributed by atoms with Crippen molar-refractivity contribution in [3.8, 4) is 0 Å². The first-order valence-electron chi connectivity index (χ1n) is 8.09. The van der Waals surface area contributed by atoms with Gasteiger partial charge < -0.3 is 9.47 Å². The van der Waals surface area contributed by atoms with E-state index in [0.29, 0.717) is 13.2 Å². The average molecular weight is 298 g/mol. The summed E-state index contributed by atoms with van der Waals surface area (Å²) in [5, 5.41) is 0. The zero-order valence-corrected chi connectivity index (χ0v) is 15.4. The first-order valence-corrected chi connectivity index (χ1v) is 8.09. The van der Waals surface area contributed by atoms with Gasteiger partial charge in [0.2, 0.25) is 0 Å². The monoisotopic (exact) mass is 298 g/mol. The smallest absolute Gasteiger partial charge is 0.313 e. The summed E-state index contributed by atoms with van der Waals surface area (Å²) >= 11 is 0. The molecule has 1 atom stereocenters. The van der Waals surface area contributed by atoms with E-state index in [1.165, 1.54) is 0 Å². The second kappa shape index (κ2) is 5.57. The molecule has 0 spiro atoms. The van der Waals surface area contributed by atoms with Gasteiger partial charge in [0.25, 0.3) is 0 Å². The van der Waals surface area contributed by atoms with Crippen molar-refractivity contribution in [3.05, 3.63) is 0 Å². The van der Waals surface area contributed by atoms with Gasteiger partial charge in [-0.1, -0.05) is 55.4 Å². The number of esters is 1. The number of carbonyl (C=O) groups is 1. The molecule has 0 amide bonds. The molecule has 1 heterocycles. The van der Waals surface area contributed by atoms with Gasteiger partial charge in [0.15, 0.2) is 0 Å². The van der Waals surface area contributed by atoms with Crippen molar-refractivity contribution in [3.63, 3.8) is 0 Å². The highest BCUT2D eigenvalue weighted by Gasteiger charge is 2.56. The second-order valence-electron chi connectivity index (χ2n) is 9.04. The predicted octanol–water partition coefficient (Wildman–Crippen LogP) is 4.44. The van der Waals surface area contributed by atoms with Gasteiger partial charge in [0.05, 0.1) is 18.6 Å². The van der Waals surface area contributed by atoms with Gasteiger partial charge in [-0.25, -0.2) is 0 Å². The van der Waals surface area contributed by atoms with Gasteiger partial charge in [0.1, 0.15) is 5.60 Å². The fourth-order valence-corrected chi connectivity index (χ4v) is 3.24. The summed E-state index contributed by atoms with van der Waals surface area (Å²) in [7, 11) is 0. The van der Waals surface area contributed by atoms with E-state index >= 15 is 0 Å². The Labute approximate surface area is 130 Å². The maximum Gasteiger partial charge on any atom is 0.313 e. The molecule has 0 aliphatic carbocycles. The molecule has 0 N–H and O–H groups in total. The van der Waals surface area contributed by atoms with E-state index in [1.54, 1.807) is 0 Å². The third-order valence-electron chi connectivity index (χ3n) is 5.77. The van der Waals surface area contributed by atoms with Crippen LogP contribution in [0.15, 0.2) is 0 Å². The molecular weight excluding hydrogens is 264 g/mol. The highest BCUT2D eigenvalue weighted by molar-refractivity contribution is 5.79. The maximum absolute atomic E-state index is 13.1. The zero-order chi connectivity index (χ0) is 16.7. The van der Waals surface area contributed by atoms with Gasteiger partial charge in [0, 0.05) is 6.42 Å². The minimum atomic E-state index is -0.565. The number of carbonyl (C=O) groups excluding carboxylic acids is 1. The highest BCUT2D eigenvalue weighted by Crippen LogP contribution is 2.53. The van der Waals surface area contributed by atoms with Gasteiger partial charge >= 0.3 is 5.97 Å². The number of ether oxygens (including phenoxy) is 2. The Kier molecular flexibility index (Phi) is 4.90. The van der Waals surface area contributed by atoms with Crippen LogP contribution in [0.4, 0.5) is 0 Å². The summed E-state index contributed by atoms with van der Waals surface area (Å²) in [6.07, 6.45) is 0.792. The molecule has 124 valence electrons. The van der Waals surface area contributed by atoms with Gasteiger partial charge in [-0.15, -0.1) is 0 Å². The largest absolute Gasteiger partial charge is 0.456 e. The van der Waals surface area contributed by atoms with Crippen LogP contribution in [-0.4, -0.2) is 24.8 Å². The highest BCUT2D eigenvalue weighted by atomic mass is 16.6. The summed E-state index contributed by atoms with van der Waals surface area (Å²) in [6, 6.07) is 0. The second-order valence-corrected chi connectivity index (χ2v) is 9.04. The Morgan fingerprint density at radius 3 is 1.81 bits per heavy atom. The number of hydrogen-bond donors (Lipinski definition) is 0. The fourth-order valence-electron chi connectivity index (χ4n) is 3.24. The standard InChI is InChI=1S/C18H34O3/c1-13(2)18(10-11-20-12-18)21-14(19)17(9,15(3,4)5)16(6,7)8/h13H,10-12H2,1-9H3. The van der Waals surface area contributed by atoms with Crippen molar-refractivity contribution in [1.82, 2.24) is 0 Å². The molecule has 0 saturated carbocycles. The van der Waals surface area contributed by atoms with Crippen molar-refractivity contribution in [2.45, 2.75) is 74.3 Å². The quantitative estimate of drug-likeness (QED) is 0.722. The average Bonchev–Trinajstić information content (AvgIpc) is 2.74. The van der Waals surface area contributed by atoms with Gasteiger partial charge in [-0.3, -0.25) is 4.79 Å². The Hall–Kier alpha value is -0.570. The van der Waals surface area contributed by atoms with Crippen LogP contribution in [0.1, 0.15) is 68.7 Å². The van der Waals surface area contributed by atoms with Crippen molar-refractivity contribution < 1.29 is 14.3 Å². The SMILES string of the molecule is CC(C)C1(OC(=O)C(C)(C(C)(C)C)C(C)(C)C)CCOC1. The van der Waals surface area contributed by atoms with Crippen LogP contribution in [-0.2, 0) is 14.3 Å². The topological polar surface area (TPSA) is 35.5 Å². The third-order valence-corrected chi connectivity index (χ3v) is 5.77. The lowest BCUT2D eigenvalue weighted by molar-refractivity contribution is -0.193. The van der Waals surface area contributed by atoms with Crippen LogP contribution in [0.3, 0.4) is 0 Å². The molecule has 1 saturated heterocycles. The Morgan fingerprint density at radius 1 is 1.05 bits per heavy atom. The summed E-state index contributed by atoms with van der Waals surface area (Å²) in [5.41, 5.74) is -1.39. The first kappa shape index (κ1) is 18.5. The van der Waals surface area contributed by atoms with Crippen LogP contribution in [0.2, 0.25) is 0 Å². The van der Waals surface area contributed by atoms with E-state index < -0.39 is 11.0 Å². The summed E-state index contributed by atoms with van der Waals surface area (Å²) in [5.74, 6) is 0.162. The van der Waals surface area contributed by atoms with Gasteiger partial charge in [-0.05, 0) is 23.7 Å². The molecule has 0 aromatic heterocycles. The van der Waals surface area contributed by atoms with Crippen molar-refractivity contribution >= 4 is 5.97 Å². The van der Waals surface area contributed by atoms with E-state index in [9.17, 15) is 4.79 Å². The van der Waals surface area contributed by atoms with Crippen molar-refractivity contribution in [1.29, 1.82) is 0 Å². The van der Waals surface area contributed by atoms with Crippen LogP contribution in [0.25, 0.3) is 0 Å². The predicted molar refractivity (Wildman–Crippen MR) is 86.1 cm³/mol. The molecule has 0 radical (unpaired) electrons. The summed E-state index contributed by atoms with van der Waals surface area (Å²) < 4.78 is 11.6. The molecule has 1 aliphatic rings. The molecule has 0 bridgehead atoms. The normalized spacial score (nSPS) is 24.5. The van der Waals surface area contributed by atoms with Crippen LogP contribution in [0, 0.1) is 22.2 Å². The lowest BCUT2D eigenvalue weighted by atomic mass is 9.55. The van der Waals surface area contributed by atoms with E-state index in [2.05, 4.69) is 55.4 Å². The molecule has 3 nitrogen and oxygen atoms in total. The first-order chi connectivity index (χ1) is 9.28. The molecule has 1 aliphatic heterocycles. The van der Waals surface area contributed by atoms with Crippen molar-refractivity contribution in [2.75, 3.05) is 13.2 Å². The lowest BCUT2D eigenvalue weighted by Crippen LogP contribution is -2.54. The molecule has 3 heteroatoms. The molecule has 0 aromatic rings. The minimum absolute atomic E-state index is 0.0956. The Bertz CT molecular complexity index is 362. The van der Waals surface area contributed by atoms with E-state index in [-0.39, 0.29) is 22.7 Å². The van der Waals surface area contributed by atoms with Gasteiger partial charge in [-0.2, -0.15) is 0 Å². The summed E-state index contributed by atoms with van der Waals surface area (Å²) in [4.78, 5) is 13.1. The minimum Gasteiger partial charge on any atom is -0.456 e. The number of rotatable bonds is 3. The van der Waals surface area contributed by atoms with Crippen LogP contribution >= 0.6 is 0 Å². The zero-order valence-electron chi connectivity index (χ0n) is 15.4. The fraction of sp³-hybridized carbons (Fsp3) is 0.944. The van der Waals surface area contributed by atoms with Crippen molar-refractivity contribution in [2.24, 2.45) is 22.2 Å². The van der Waals surface area contributed by atoms with E-state index in [4.69, 9.17) is 9.47 Å². The number of hydrogen-bond acceptors (Lipinski definition) is 3. The molecule has 0 aromatic carbocycles. The maximum atomic E-state index is 13.1. The Balaban J connectivity index is 3.14. The van der Waals surface area contributed by atoms with E-state index in [1.807, 2.05) is 6.92 Å². The molecule has 1 unspecified atom stereocenters. The Morgan fingerprint density at radius 2 is 1.52 bits per heavy atom. The molecule has 1 rings (SSSR count). The van der Waals surface area contributed by atoms with E-state index in [0.717, 1.165) is 6.42 Å². The molecular formula is C18H34O3. The molecule has 21 heavy (non-hydrogen) atoms. The lowest BCUT2D eigenvalue weighted by Gasteiger charge is -2.50. The summed E-state index contributed by atoms with van der Waals surface area (Å²) in [6.45, 7) is 20.1. The van der Waals surface area contributed by atoms with Crippen LogP contribution < -0.4 is 0 Å². The molecule has 1 fully saturated rings. The van der Waals surface area contributed by atoms with Crippen LogP contribution in [0.5, 0.6) is 0 Å². The third kappa shape index (κ3) is 3.13.